The van der Waals surface area contributed by atoms with E-state index in [-0.39, 0.29) is 30.8 Å². The molecule has 1 aromatic heterocycles. The first kappa shape index (κ1) is 25.2. The van der Waals surface area contributed by atoms with Gasteiger partial charge in [-0.1, -0.05) is 49.3 Å². The number of aromatic nitrogens is 1. The average Bonchev–Trinajstić information content (AvgIpc) is 2.80. The lowest BCUT2D eigenvalue weighted by molar-refractivity contribution is 0.0858. The Kier molecular flexibility index (Phi) is 7.89. The third-order valence-electron chi connectivity index (χ3n) is 5.79. The van der Waals surface area contributed by atoms with E-state index >= 15 is 0 Å². The van der Waals surface area contributed by atoms with Crippen molar-refractivity contribution in [3.63, 3.8) is 0 Å². The van der Waals surface area contributed by atoms with Crippen LogP contribution >= 0.6 is 0 Å². The summed E-state index contributed by atoms with van der Waals surface area (Å²) in [4.78, 5) is 16.8. The molecule has 3 aromatic rings. The maximum absolute atomic E-state index is 14.8. The molecule has 0 saturated heterocycles. The zero-order chi connectivity index (χ0) is 24.9. The molecule has 0 aliphatic carbocycles. The van der Waals surface area contributed by atoms with E-state index in [9.17, 15) is 23.9 Å². The van der Waals surface area contributed by atoms with Gasteiger partial charge in [0.2, 0.25) is 0 Å². The maximum atomic E-state index is 14.8. The highest BCUT2D eigenvalue weighted by Crippen LogP contribution is 2.33. The van der Waals surface area contributed by atoms with Gasteiger partial charge in [0.05, 0.1) is 5.71 Å². The molecular formula is C27H28F2N2O3. The van der Waals surface area contributed by atoms with Crippen LogP contribution in [0.2, 0.25) is 0 Å². The highest BCUT2D eigenvalue weighted by molar-refractivity contribution is 6.01. The van der Waals surface area contributed by atoms with Crippen molar-refractivity contribution in [2.75, 3.05) is 6.61 Å². The van der Waals surface area contributed by atoms with E-state index in [0.29, 0.717) is 22.4 Å². The molecule has 0 radical (unpaired) electrons. The number of ketones is 1. The first-order valence-electron chi connectivity index (χ1n) is 11.0. The van der Waals surface area contributed by atoms with Gasteiger partial charge >= 0.3 is 0 Å². The Morgan fingerprint density at radius 3 is 2.35 bits per heavy atom. The second-order valence-corrected chi connectivity index (χ2v) is 9.20. The van der Waals surface area contributed by atoms with Crippen molar-refractivity contribution in [2.45, 2.75) is 39.5 Å². The van der Waals surface area contributed by atoms with E-state index in [2.05, 4.69) is 10.1 Å². The summed E-state index contributed by atoms with van der Waals surface area (Å²) in [5, 5.41) is 22.6. The molecule has 0 bridgehead atoms. The lowest BCUT2D eigenvalue weighted by Gasteiger charge is -2.21. The van der Waals surface area contributed by atoms with Crippen LogP contribution in [0.15, 0.2) is 65.9 Å². The maximum Gasteiger partial charge on any atom is 0.163 e. The molecule has 0 aliphatic heterocycles. The fraction of sp³-hybridized carbons (Fsp3) is 0.296. The second kappa shape index (κ2) is 10.7. The van der Waals surface area contributed by atoms with E-state index in [4.69, 9.17) is 0 Å². The largest absolute Gasteiger partial charge is 0.411 e. The number of aryl methyl sites for hydroxylation is 1. The van der Waals surface area contributed by atoms with E-state index in [1.807, 2.05) is 20.8 Å². The van der Waals surface area contributed by atoms with Crippen LogP contribution in [-0.2, 0) is 0 Å². The number of carbonyl (C=O) groups is 1. The molecule has 0 amide bonds. The van der Waals surface area contributed by atoms with Gasteiger partial charge in [-0.3, -0.25) is 9.78 Å². The van der Waals surface area contributed by atoms with E-state index < -0.39 is 23.0 Å². The lowest BCUT2D eigenvalue weighted by Crippen LogP contribution is -2.21. The van der Waals surface area contributed by atoms with Crippen molar-refractivity contribution in [3.8, 4) is 0 Å². The molecule has 3 rings (SSSR count). The predicted molar refractivity (Wildman–Crippen MR) is 126 cm³/mol. The van der Waals surface area contributed by atoms with Crippen molar-refractivity contribution in [1.29, 1.82) is 0 Å². The highest BCUT2D eigenvalue weighted by atomic mass is 19.1. The summed E-state index contributed by atoms with van der Waals surface area (Å²) in [6.07, 6.45) is 1.91. The molecule has 2 N–H and O–H groups in total. The zero-order valence-corrected chi connectivity index (χ0v) is 19.4. The summed E-state index contributed by atoms with van der Waals surface area (Å²) in [6.45, 7) is 5.32. The molecule has 7 heteroatoms. The molecule has 0 fully saturated rings. The van der Waals surface area contributed by atoms with Crippen molar-refractivity contribution in [3.05, 3.63) is 100 Å². The van der Waals surface area contributed by atoms with Gasteiger partial charge in [-0.2, -0.15) is 0 Å². The summed E-state index contributed by atoms with van der Waals surface area (Å²) >= 11 is 0. The minimum absolute atomic E-state index is 0.111. The van der Waals surface area contributed by atoms with Gasteiger partial charge in [0.25, 0.3) is 0 Å². The fourth-order valence-corrected chi connectivity index (χ4v) is 3.82. The van der Waals surface area contributed by atoms with Gasteiger partial charge in [-0.25, -0.2) is 8.78 Å². The van der Waals surface area contributed by atoms with E-state index in [0.717, 1.165) is 11.8 Å². The smallest absolute Gasteiger partial charge is 0.163 e. The Bertz CT molecular complexity index is 1190. The van der Waals surface area contributed by atoms with Crippen molar-refractivity contribution in [1.82, 2.24) is 4.98 Å². The quantitative estimate of drug-likeness (QED) is 0.185. The molecular weight excluding hydrogens is 438 g/mol. The topological polar surface area (TPSA) is 82.8 Å². The van der Waals surface area contributed by atoms with E-state index in [1.54, 1.807) is 42.6 Å². The average molecular weight is 467 g/mol. The highest BCUT2D eigenvalue weighted by Gasteiger charge is 2.24. The molecule has 178 valence electrons. The van der Waals surface area contributed by atoms with Gasteiger partial charge in [-0.05, 0) is 41.7 Å². The molecule has 0 saturated carbocycles. The summed E-state index contributed by atoms with van der Waals surface area (Å²) in [6, 6.07) is 13.6. The molecule has 0 aliphatic rings. The Balaban J connectivity index is 1.98. The normalized spacial score (nSPS) is 13.1. The summed E-state index contributed by atoms with van der Waals surface area (Å²) in [5.74, 6) is -2.11. The van der Waals surface area contributed by atoms with Crippen LogP contribution in [0.25, 0.3) is 0 Å². The van der Waals surface area contributed by atoms with Gasteiger partial charge in [-0.15, -0.1) is 0 Å². The molecule has 34 heavy (non-hydrogen) atoms. The number of hydrogen-bond acceptors (Lipinski definition) is 5. The standard InChI is InChI=1S/C27H28F2N2O3/c1-17-12-20(10-11-30-17)25(31-34)14-23(22-9-8-21(28)13-24(22)29)18-4-6-19(7-5-18)26(33)15-27(2,3)16-32/h4-13,23,32,34H,14-16H2,1-3H3/b31-25+. The van der Waals surface area contributed by atoms with Crippen LogP contribution in [0.3, 0.4) is 0 Å². The molecule has 0 spiro atoms. The van der Waals surface area contributed by atoms with Gasteiger partial charge in [0.15, 0.2) is 5.78 Å². The number of halogens is 2. The lowest BCUT2D eigenvalue weighted by atomic mass is 9.83. The van der Waals surface area contributed by atoms with E-state index in [1.165, 1.54) is 12.1 Å². The summed E-state index contributed by atoms with van der Waals surface area (Å²) < 4.78 is 28.4. The SMILES string of the molecule is Cc1cc(/C(CC(c2ccc(C(=O)CC(C)(C)CO)cc2)c2ccc(F)cc2F)=N/O)ccn1. The van der Waals surface area contributed by atoms with Crippen LogP contribution in [0.4, 0.5) is 8.78 Å². The number of aliphatic hydroxyl groups excluding tert-OH is 1. The minimum Gasteiger partial charge on any atom is -0.411 e. The molecule has 1 unspecified atom stereocenters. The molecule has 5 nitrogen and oxygen atoms in total. The van der Waals surface area contributed by atoms with Crippen LogP contribution < -0.4 is 0 Å². The number of Topliss-reactive ketones (excluding diaryl/α,β-unsaturated/α-hetero) is 1. The van der Waals surface area contributed by atoms with Crippen molar-refractivity contribution < 1.29 is 23.9 Å². The number of aliphatic hydroxyl groups is 1. The number of oxime groups is 1. The number of benzene rings is 2. The number of carbonyl (C=O) groups excluding carboxylic acids is 1. The van der Waals surface area contributed by atoms with Crippen molar-refractivity contribution in [2.24, 2.45) is 10.6 Å². The van der Waals surface area contributed by atoms with Gasteiger partial charge < -0.3 is 10.3 Å². The first-order valence-corrected chi connectivity index (χ1v) is 11.0. The molecule has 1 heterocycles. The minimum atomic E-state index is -0.710. The Hall–Kier alpha value is -3.45. The van der Waals surface area contributed by atoms with Crippen LogP contribution in [-0.4, -0.2) is 33.4 Å². The third-order valence-corrected chi connectivity index (χ3v) is 5.79. The van der Waals surface area contributed by atoms with Gasteiger partial charge in [0, 0.05) is 54.5 Å². The third kappa shape index (κ3) is 6.11. The zero-order valence-electron chi connectivity index (χ0n) is 19.4. The summed E-state index contributed by atoms with van der Waals surface area (Å²) in [5.41, 5.74) is 2.56. The Morgan fingerprint density at radius 2 is 1.76 bits per heavy atom. The first-order chi connectivity index (χ1) is 16.1. The van der Waals surface area contributed by atoms with Crippen LogP contribution in [0.1, 0.15) is 65.3 Å². The molecule has 2 aromatic carbocycles. The van der Waals surface area contributed by atoms with Crippen molar-refractivity contribution >= 4 is 11.5 Å². The second-order valence-electron chi connectivity index (χ2n) is 9.20. The number of hydrogen-bond donors (Lipinski definition) is 2. The predicted octanol–water partition coefficient (Wildman–Crippen LogP) is 5.66. The molecule has 1 atom stereocenters. The van der Waals surface area contributed by atoms with Crippen LogP contribution in [0.5, 0.6) is 0 Å². The number of rotatable bonds is 9. The number of pyridine rings is 1. The Morgan fingerprint density at radius 1 is 1.06 bits per heavy atom. The monoisotopic (exact) mass is 466 g/mol. The van der Waals surface area contributed by atoms with Crippen LogP contribution in [0, 0.1) is 24.0 Å². The Labute approximate surface area is 197 Å². The number of nitrogens with zero attached hydrogens (tertiary/aromatic N) is 2. The van der Waals surface area contributed by atoms with Gasteiger partial charge in [0.1, 0.15) is 11.6 Å². The fourth-order valence-electron chi connectivity index (χ4n) is 3.82. The summed E-state index contributed by atoms with van der Waals surface area (Å²) in [7, 11) is 0.